The number of carbonyl (C=O) groups is 1. The molecule has 2 aliphatic heterocycles. The summed E-state index contributed by atoms with van der Waals surface area (Å²) in [5.74, 6) is -0.926. The van der Waals surface area contributed by atoms with Crippen molar-refractivity contribution in [2.45, 2.75) is 0 Å². The van der Waals surface area contributed by atoms with E-state index in [9.17, 15) is 4.79 Å². The van der Waals surface area contributed by atoms with E-state index in [1.54, 1.807) is 12.4 Å². The van der Waals surface area contributed by atoms with E-state index in [0.29, 0.717) is 0 Å². The molecule has 0 fully saturated rings. The molecule has 0 radical (unpaired) electrons. The smallest absolute Gasteiger partial charge is 0.232 e. The van der Waals surface area contributed by atoms with Crippen LogP contribution in [0.4, 0.5) is 0 Å². The standard InChI is InChI=1S/C14H15N3O/c15-14(18)13(11-7-3-1-5-9-16-11)12-8-4-2-6-10-17-12/h1-10,13,16-17H,(H2,15,18). The number of amides is 1. The number of hydrogen-bond donors (Lipinski definition) is 3. The third-order valence-electron chi connectivity index (χ3n) is 2.59. The number of nitrogens with one attached hydrogen (secondary N) is 2. The molecule has 4 nitrogen and oxygen atoms in total. The molecular formula is C14H15N3O. The SMILES string of the molecule is NC(=O)C(C1=CC=CC=CN1)C1=CC=CC=CN1. The fraction of sp³-hybridized carbons (Fsp3) is 0.0714. The lowest BCUT2D eigenvalue weighted by molar-refractivity contribution is -0.119. The highest BCUT2D eigenvalue weighted by atomic mass is 16.1. The number of allylic oxidation sites excluding steroid dienone is 8. The van der Waals surface area contributed by atoms with Crippen LogP contribution in [0.1, 0.15) is 0 Å². The summed E-state index contributed by atoms with van der Waals surface area (Å²) in [7, 11) is 0. The lowest BCUT2D eigenvalue weighted by Crippen LogP contribution is -2.34. The van der Waals surface area contributed by atoms with Gasteiger partial charge < -0.3 is 16.4 Å². The van der Waals surface area contributed by atoms with Crippen molar-refractivity contribution in [1.29, 1.82) is 0 Å². The summed E-state index contributed by atoms with van der Waals surface area (Å²) in [6, 6.07) is 0. The third-order valence-corrected chi connectivity index (χ3v) is 2.59. The van der Waals surface area contributed by atoms with Crippen LogP contribution in [0.15, 0.2) is 72.4 Å². The molecule has 2 aliphatic rings. The van der Waals surface area contributed by atoms with E-state index in [1.807, 2.05) is 48.6 Å². The quantitative estimate of drug-likeness (QED) is 0.695. The van der Waals surface area contributed by atoms with Crippen LogP contribution in [0.25, 0.3) is 0 Å². The molecule has 4 heteroatoms. The highest BCUT2D eigenvalue weighted by Gasteiger charge is 2.24. The van der Waals surface area contributed by atoms with Gasteiger partial charge in [0.1, 0.15) is 5.92 Å². The predicted octanol–water partition coefficient (Wildman–Crippen LogP) is 1.20. The van der Waals surface area contributed by atoms with Crippen LogP contribution in [0, 0.1) is 5.92 Å². The zero-order valence-corrected chi connectivity index (χ0v) is 9.84. The van der Waals surface area contributed by atoms with Gasteiger partial charge in [-0.3, -0.25) is 4.79 Å². The Hall–Kier alpha value is -2.49. The Morgan fingerprint density at radius 3 is 1.83 bits per heavy atom. The molecule has 2 heterocycles. The number of primary amides is 1. The number of hydrogen-bond acceptors (Lipinski definition) is 3. The van der Waals surface area contributed by atoms with Crippen molar-refractivity contribution >= 4 is 5.91 Å². The molecule has 0 aromatic heterocycles. The van der Waals surface area contributed by atoms with E-state index >= 15 is 0 Å². The topological polar surface area (TPSA) is 67.2 Å². The van der Waals surface area contributed by atoms with Gasteiger partial charge in [0.05, 0.1) is 0 Å². The van der Waals surface area contributed by atoms with Gasteiger partial charge in [-0.05, 0) is 24.3 Å². The van der Waals surface area contributed by atoms with Gasteiger partial charge in [-0.15, -0.1) is 0 Å². The van der Waals surface area contributed by atoms with Crippen molar-refractivity contribution < 1.29 is 4.79 Å². The van der Waals surface area contributed by atoms with E-state index in [1.165, 1.54) is 0 Å². The molecule has 92 valence electrons. The molecule has 0 spiro atoms. The van der Waals surface area contributed by atoms with Crippen molar-refractivity contribution in [3.05, 3.63) is 72.4 Å². The normalized spacial score (nSPS) is 17.4. The maximum absolute atomic E-state index is 11.7. The molecule has 0 aromatic carbocycles. The van der Waals surface area contributed by atoms with Gasteiger partial charge in [-0.2, -0.15) is 0 Å². The van der Waals surface area contributed by atoms with Gasteiger partial charge in [0.15, 0.2) is 0 Å². The average Bonchev–Trinajstić information content (AvgIpc) is 2.74. The maximum atomic E-state index is 11.7. The first-order valence-electron chi connectivity index (χ1n) is 5.68. The lowest BCUT2D eigenvalue weighted by atomic mass is 9.99. The largest absolute Gasteiger partial charge is 0.369 e. The second-order valence-corrected chi connectivity index (χ2v) is 3.86. The molecule has 0 bridgehead atoms. The molecule has 0 atom stereocenters. The molecule has 18 heavy (non-hydrogen) atoms. The average molecular weight is 241 g/mol. The summed E-state index contributed by atoms with van der Waals surface area (Å²) < 4.78 is 0. The minimum absolute atomic E-state index is 0.403. The molecule has 0 aromatic rings. The first-order chi connectivity index (χ1) is 8.79. The fourth-order valence-corrected chi connectivity index (χ4v) is 1.78. The highest BCUT2D eigenvalue weighted by Crippen LogP contribution is 2.19. The Balaban J connectivity index is 2.31. The van der Waals surface area contributed by atoms with Crippen molar-refractivity contribution in [3.63, 3.8) is 0 Å². The Labute approximate surface area is 106 Å². The van der Waals surface area contributed by atoms with E-state index in [0.717, 1.165) is 11.4 Å². The summed E-state index contributed by atoms with van der Waals surface area (Å²) in [4.78, 5) is 11.7. The van der Waals surface area contributed by atoms with Gasteiger partial charge in [0.2, 0.25) is 5.91 Å². The molecule has 0 unspecified atom stereocenters. The zero-order valence-electron chi connectivity index (χ0n) is 9.84. The van der Waals surface area contributed by atoms with Crippen molar-refractivity contribution in [2.24, 2.45) is 11.7 Å². The Bertz CT molecular complexity index is 467. The van der Waals surface area contributed by atoms with Gasteiger partial charge >= 0.3 is 0 Å². The number of carbonyl (C=O) groups excluding carboxylic acids is 1. The van der Waals surface area contributed by atoms with E-state index < -0.39 is 11.8 Å². The monoisotopic (exact) mass is 241 g/mol. The number of rotatable bonds is 3. The molecule has 0 aliphatic carbocycles. The molecular weight excluding hydrogens is 226 g/mol. The summed E-state index contributed by atoms with van der Waals surface area (Å²) in [6.45, 7) is 0. The lowest BCUT2D eigenvalue weighted by Gasteiger charge is -2.20. The summed E-state index contributed by atoms with van der Waals surface area (Å²) in [5.41, 5.74) is 6.99. The first kappa shape index (κ1) is 12.0. The minimum atomic E-state index is -0.523. The minimum Gasteiger partial charge on any atom is -0.369 e. The molecule has 2 rings (SSSR count). The van der Waals surface area contributed by atoms with Crippen molar-refractivity contribution in [3.8, 4) is 0 Å². The fourth-order valence-electron chi connectivity index (χ4n) is 1.78. The Kier molecular flexibility index (Phi) is 3.81. The van der Waals surface area contributed by atoms with E-state index in [2.05, 4.69) is 10.6 Å². The second kappa shape index (κ2) is 5.72. The van der Waals surface area contributed by atoms with Crippen LogP contribution in [0.2, 0.25) is 0 Å². The van der Waals surface area contributed by atoms with Crippen LogP contribution in [-0.4, -0.2) is 5.91 Å². The Morgan fingerprint density at radius 2 is 1.39 bits per heavy atom. The second-order valence-electron chi connectivity index (χ2n) is 3.86. The van der Waals surface area contributed by atoms with E-state index in [-0.39, 0.29) is 0 Å². The van der Waals surface area contributed by atoms with Gasteiger partial charge in [-0.1, -0.05) is 24.3 Å². The van der Waals surface area contributed by atoms with Crippen LogP contribution in [-0.2, 0) is 4.79 Å². The van der Waals surface area contributed by atoms with E-state index in [4.69, 9.17) is 5.73 Å². The van der Waals surface area contributed by atoms with Gasteiger partial charge in [0, 0.05) is 23.8 Å². The van der Waals surface area contributed by atoms with Crippen LogP contribution < -0.4 is 16.4 Å². The maximum Gasteiger partial charge on any atom is 0.232 e. The van der Waals surface area contributed by atoms with Crippen LogP contribution in [0.5, 0.6) is 0 Å². The number of nitrogens with two attached hydrogens (primary N) is 1. The summed E-state index contributed by atoms with van der Waals surface area (Å²) >= 11 is 0. The van der Waals surface area contributed by atoms with Crippen molar-refractivity contribution in [1.82, 2.24) is 10.6 Å². The molecule has 4 N–H and O–H groups in total. The van der Waals surface area contributed by atoms with Gasteiger partial charge in [0.25, 0.3) is 0 Å². The first-order valence-corrected chi connectivity index (χ1v) is 5.68. The van der Waals surface area contributed by atoms with Crippen LogP contribution in [0.3, 0.4) is 0 Å². The molecule has 0 saturated heterocycles. The summed E-state index contributed by atoms with van der Waals surface area (Å²) in [5, 5.41) is 6.14. The highest BCUT2D eigenvalue weighted by molar-refractivity contribution is 5.83. The van der Waals surface area contributed by atoms with Crippen LogP contribution >= 0.6 is 0 Å². The van der Waals surface area contributed by atoms with Crippen molar-refractivity contribution in [2.75, 3.05) is 0 Å². The Morgan fingerprint density at radius 1 is 0.889 bits per heavy atom. The predicted molar refractivity (Wildman–Crippen MR) is 71.7 cm³/mol. The molecule has 1 amide bonds. The zero-order chi connectivity index (χ0) is 12.8. The molecule has 0 saturated carbocycles. The van der Waals surface area contributed by atoms with Gasteiger partial charge in [-0.25, -0.2) is 0 Å². The third kappa shape index (κ3) is 2.79. The summed E-state index contributed by atoms with van der Waals surface area (Å²) in [6.07, 6.45) is 18.4.